The van der Waals surface area contributed by atoms with Crippen molar-refractivity contribution in [3.63, 3.8) is 0 Å². The second kappa shape index (κ2) is 7.23. The third-order valence-electron chi connectivity index (χ3n) is 4.16. The summed E-state index contributed by atoms with van der Waals surface area (Å²) in [6.07, 6.45) is 4.80. The molecule has 2 aliphatic rings. The van der Waals surface area contributed by atoms with Crippen molar-refractivity contribution < 1.29 is 14.3 Å². The van der Waals surface area contributed by atoms with Crippen LogP contribution < -0.4 is 0 Å². The number of hydrogen-bond donors (Lipinski definition) is 0. The summed E-state index contributed by atoms with van der Waals surface area (Å²) in [5.74, 6) is 2.29. The quantitative estimate of drug-likeness (QED) is 0.558. The van der Waals surface area contributed by atoms with Gasteiger partial charge in [-0.25, -0.2) is 4.79 Å². The Balaban J connectivity index is 1.53. The van der Waals surface area contributed by atoms with Crippen molar-refractivity contribution in [3.05, 3.63) is 41.7 Å². The second-order valence-electron chi connectivity index (χ2n) is 5.93. The van der Waals surface area contributed by atoms with Gasteiger partial charge in [-0.05, 0) is 43.7 Å². The van der Waals surface area contributed by atoms with Gasteiger partial charge in [0.2, 0.25) is 0 Å². The summed E-state index contributed by atoms with van der Waals surface area (Å²) in [5.41, 5.74) is 0.775. The zero-order chi connectivity index (χ0) is 15.4. The van der Waals surface area contributed by atoms with E-state index in [2.05, 4.69) is 12.1 Å². The van der Waals surface area contributed by atoms with Gasteiger partial charge in [0.15, 0.2) is 0 Å². The molecule has 0 amide bonds. The molecule has 118 valence electrons. The van der Waals surface area contributed by atoms with Crippen molar-refractivity contribution in [2.24, 2.45) is 5.92 Å². The molecule has 0 saturated heterocycles. The minimum atomic E-state index is -0.162. The predicted molar refractivity (Wildman–Crippen MR) is 87.7 cm³/mol. The van der Waals surface area contributed by atoms with Crippen LogP contribution in [-0.2, 0) is 14.3 Å². The van der Waals surface area contributed by atoms with E-state index >= 15 is 0 Å². The molecular formula is C18H22O3S. The number of ether oxygens (including phenoxy) is 2. The van der Waals surface area contributed by atoms with Crippen LogP contribution in [0.1, 0.15) is 32.1 Å². The molecule has 0 bridgehead atoms. The summed E-state index contributed by atoms with van der Waals surface area (Å²) in [7, 11) is 1.66. The molecule has 1 saturated carbocycles. The van der Waals surface area contributed by atoms with Crippen LogP contribution in [0.2, 0.25) is 0 Å². The number of rotatable bonds is 7. The predicted octanol–water partition coefficient (Wildman–Crippen LogP) is 4.18. The Morgan fingerprint density at radius 1 is 1.27 bits per heavy atom. The summed E-state index contributed by atoms with van der Waals surface area (Å²) < 4.78 is 11.1. The van der Waals surface area contributed by atoms with E-state index in [0.29, 0.717) is 5.92 Å². The van der Waals surface area contributed by atoms with Crippen LogP contribution in [0.25, 0.3) is 0 Å². The highest BCUT2D eigenvalue weighted by atomic mass is 32.2. The molecule has 1 heterocycles. The van der Waals surface area contributed by atoms with Gasteiger partial charge >= 0.3 is 5.97 Å². The van der Waals surface area contributed by atoms with Gasteiger partial charge in [0.1, 0.15) is 11.9 Å². The molecule has 1 aromatic carbocycles. The molecule has 1 aliphatic carbocycles. The fourth-order valence-corrected chi connectivity index (χ4v) is 3.67. The van der Waals surface area contributed by atoms with E-state index in [1.807, 2.05) is 18.2 Å². The van der Waals surface area contributed by atoms with Gasteiger partial charge in [0, 0.05) is 17.1 Å². The fourth-order valence-electron chi connectivity index (χ4n) is 2.71. The van der Waals surface area contributed by atoms with Crippen LogP contribution in [0.5, 0.6) is 0 Å². The lowest BCUT2D eigenvalue weighted by atomic mass is 10.0. The molecule has 0 radical (unpaired) electrons. The van der Waals surface area contributed by atoms with E-state index in [0.717, 1.165) is 36.3 Å². The first-order chi connectivity index (χ1) is 10.8. The smallest absolute Gasteiger partial charge is 0.337 e. The summed E-state index contributed by atoms with van der Waals surface area (Å²) in [6, 6.07) is 10.3. The van der Waals surface area contributed by atoms with E-state index in [9.17, 15) is 4.79 Å². The van der Waals surface area contributed by atoms with Gasteiger partial charge < -0.3 is 9.47 Å². The lowest BCUT2D eigenvalue weighted by Gasteiger charge is -2.26. The van der Waals surface area contributed by atoms with Gasteiger partial charge in [-0.2, -0.15) is 0 Å². The first-order valence-corrected chi connectivity index (χ1v) is 8.89. The first kappa shape index (κ1) is 15.5. The van der Waals surface area contributed by atoms with Crippen molar-refractivity contribution in [1.29, 1.82) is 0 Å². The number of cyclic esters (lactones) is 1. The Bertz CT molecular complexity index is 549. The van der Waals surface area contributed by atoms with E-state index in [4.69, 9.17) is 9.47 Å². The normalized spacial score (nSPS) is 21.7. The fraction of sp³-hybridized carbons (Fsp3) is 0.500. The van der Waals surface area contributed by atoms with Crippen molar-refractivity contribution >= 4 is 17.7 Å². The Kier molecular flexibility index (Phi) is 5.08. The van der Waals surface area contributed by atoms with Crippen molar-refractivity contribution in [2.75, 3.05) is 12.9 Å². The number of benzene rings is 1. The molecule has 1 fully saturated rings. The van der Waals surface area contributed by atoms with Gasteiger partial charge in [0.25, 0.3) is 0 Å². The molecule has 3 nitrogen and oxygen atoms in total. The second-order valence-corrected chi connectivity index (χ2v) is 7.10. The highest BCUT2D eigenvalue weighted by Gasteiger charge is 2.33. The van der Waals surface area contributed by atoms with Gasteiger partial charge in [-0.15, -0.1) is 11.8 Å². The SMILES string of the molecule is COC1=C(CC2CC2)C(=O)OC(CCSc2ccccc2)C1. The van der Waals surface area contributed by atoms with Gasteiger partial charge in [-0.3, -0.25) is 0 Å². The molecule has 0 aromatic heterocycles. The summed E-state index contributed by atoms with van der Waals surface area (Å²) in [4.78, 5) is 13.5. The maximum atomic E-state index is 12.2. The topological polar surface area (TPSA) is 35.5 Å². The first-order valence-electron chi connectivity index (χ1n) is 7.91. The molecule has 1 aromatic rings. The third-order valence-corrected chi connectivity index (χ3v) is 5.20. The zero-order valence-electron chi connectivity index (χ0n) is 12.9. The lowest BCUT2D eigenvalue weighted by Crippen LogP contribution is -2.28. The van der Waals surface area contributed by atoms with E-state index in [-0.39, 0.29) is 12.1 Å². The van der Waals surface area contributed by atoms with Crippen LogP contribution >= 0.6 is 11.8 Å². The van der Waals surface area contributed by atoms with Crippen LogP contribution in [0.3, 0.4) is 0 Å². The molecule has 0 N–H and O–H groups in total. The monoisotopic (exact) mass is 318 g/mol. The minimum absolute atomic E-state index is 0.0541. The number of carbonyl (C=O) groups excluding carboxylic acids is 1. The van der Waals surface area contributed by atoms with Crippen LogP contribution in [0.4, 0.5) is 0 Å². The molecular weight excluding hydrogens is 296 g/mol. The highest BCUT2D eigenvalue weighted by molar-refractivity contribution is 7.99. The zero-order valence-corrected chi connectivity index (χ0v) is 13.7. The average Bonchev–Trinajstić information content (AvgIpc) is 3.35. The van der Waals surface area contributed by atoms with Crippen molar-refractivity contribution in [3.8, 4) is 0 Å². The number of esters is 1. The van der Waals surface area contributed by atoms with Gasteiger partial charge in [-0.1, -0.05) is 18.2 Å². The maximum Gasteiger partial charge on any atom is 0.337 e. The maximum absolute atomic E-state index is 12.2. The number of hydrogen-bond acceptors (Lipinski definition) is 4. The van der Waals surface area contributed by atoms with Gasteiger partial charge in [0.05, 0.1) is 12.7 Å². The van der Waals surface area contributed by atoms with E-state index < -0.39 is 0 Å². The molecule has 4 heteroatoms. The summed E-state index contributed by atoms with van der Waals surface area (Å²) in [6.45, 7) is 0. The minimum Gasteiger partial charge on any atom is -0.500 e. The molecule has 22 heavy (non-hydrogen) atoms. The summed E-state index contributed by atoms with van der Waals surface area (Å²) in [5, 5.41) is 0. The van der Waals surface area contributed by atoms with Crippen molar-refractivity contribution in [2.45, 2.75) is 43.1 Å². The lowest BCUT2D eigenvalue weighted by molar-refractivity contribution is -0.147. The Hall–Kier alpha value is -1.42. The molecule has 0 spiro atoms. The molecule has 3 rings (SSSR count). The molecule has 1 aliphatic heterocycles. The third kappa shape index (κ3) is 4.07. The Labute approximate surface area is 136 Å². The van der Waals surface area contributed by atoms with Crippen LogP contribution in [0.15, 0.2) is 46.6 Å². The van der Waals surface area contributed by atoms with Crippen molar-refractivity contribution in [1.82, 2.24) is 0 Å². The Morgan fingerprint density at radius 2 is 2.05 bits per heavy atom. The van der Waals surface area contributed by atoms with Crippen LogP contribution in [-0.4, -0.2) is 24.9 Å². The average molecular weight is 318 g/mol. The van der Waals surface area contributed by atoms with E-state index in [1.165, 1.54) is 17.7 Å². The highest BCUT2D eigenvalue weighted by Crippen LogP contribution is 2.38. The van der Waals surface area contributed by atoms with E-state index in [1.54, 1.807) is 18.9 Å². The molecule has 1 unspecified atom stereocenters. The van der Waals surface area contributed by atoms with Crippen LogP contribution in [0, 0.1) is 5.92 Å². The number of thioether (sulfide) groups is 1. The largest absolute Gasteiger partial charge is 0.500 e. The molecule has 1 atom stereocenters. The standard InChI is InChI=1S/C18H22O3S/c1-20-17-12-14(9-10-22-15-5-3-2-4-6-15)21-18(19)16(17)11-13-7-8-13/h2-6,13-14H,7-12H2,1H3. The summed E-state index contributed by atoms with van der Waals surface area (Å²) >= 11 is 1.80. The Morgan fingerprint density at radius 3 is 2.73 bits per heavy atom. The number of methoxy groups -OCH3 is 1. The number of carbonyl (C=O) groups is 1.